The van der Waals surface area contributed by atoms with Crippen LogP contribution in [0.4, 0.5) is 0 Å². The fraction of sp³-hybridized carbons (Fsp3) is 0.417. The van der Waals surface area contributed by atoms with Crippen LogP contribution >= 0.6 is 0 Å². The largest absolute Gasteiger partial charge is 0.387 e. The molecule has 29 heavy (non-hydrogen) atoms. The van der Waals surface area contributed by atoms with E-state index in [1.54, 1.807) is 4.90 Å². The third-order valence-corrected chi connectivity index (χ3v) is 5.57. The van der Waals surface area contributed by atoms with Crippen molar-refractivity contribution < 1.29 is 14.7 Å². The Labute approximate surface area is 172 Å². The molecular formula is C24H30N2O3. The fourth-order valence-corrected chi connectivity index (χ4v) is 3.99. The molecule has 1 atom stereocenters. The molecule has 3 rings (SSSR count). The summed E-state index contributed by atoms with van der Waals surface area (Å²) >= 11 is 0. The molecule has 1 aliphatic rings. The molecule has 1 heterocycles. The van der Waals surface area contributed by atoms with Gasteiger partial charge in [-0.2, -0.15) is 0 Å². The summed E-state index contributed by atoms with van der Waals surface area (Å²) in [6.45, 7) is 5.63. The number of hydrogen-bond acceptors (Lipinski definition) is 3. The van der Waals surface area contributed by atoms with Crippen LogP contribution in [-0.2, 0) is 16.0 Å². The molecule has 0 saturated carbocycles. The van der Waals surface area contributed by atoms with Gasteiger partial charge in [0, 0.05) is 26.2 Å². The van der Waals surface area contributed by atoms with Crippen molar-refractivity contribution in [3.8, 4) is 11.1 Å². The molecule has 1 fully saturated rings. The van der Waals surface area contributed by atoms with Gasteiger partial charge in [0.05, 0.1) is 5.92 Å². The highest BCUT2D eigenvalue weighted by molar-refractivity contribution is 5.83. The van der Waals surface area contributed by atoms with Crippen molar-refractivity contribution in [1.29, 1.82) is 0 Å². The zero-order valence-corrected chi connectivity index (χ0v) is 17.3. The molecule has 1 N–H and O–H groups in total. The highest BCUT2D eigenvalue weighted by Gasteiger charge is 2.32. The first-order chi connectivity index (χ1) is 14.0. The van der Waals surface area contributed by atoms with Gasteiger partial charge in [0.2, 0.25) is 11.8 Å². The van der Waals surface area contributed by atoms with Gasteiger partial charge in [0.15, 0.2) is 0 Å². The summed E-state index contributed by atoms with van der Waals surface area (Å²) < 4.78 is 0. The number of aliphatic hydroxyl groups is 1. The molecule has 0 unspecified atom stereocenters. The van der Waals surface area contributed by atoms with Crippen molar-refractivity contribution in [2.75, 3.05) is 32.8 Å². The molecule has 0 radical (unpaired) electrons. The van der Waals surface area contributed by atoms with E-state index >= 15 is 0 Å². The predicted octanol–water partition coefficient (Wildman–Crippen LogP) is 2.89. The number of nitrogens with zero attached hydrogens (tertiary/aromatic N) is 2. The molecule has 5 nitrogen and oxygen atoms in total. The van der Waals surface area contributed by atoms with Gasteiger partial charge in [-0.1, -0.05) is 61.0 Å². The monoisotopic (exact) mass is 394 g/mol. The minimum absolute atomic E-state index is 0.0961. The standard InChI is InChI=1S/C24H30N2O3/c1-3-12-25-13-14-26(23(28)17-27)16-21(24(25)29)15-20-6-4-5-7-22(20)19-10-8-18(2)9-11-19/h4-11,21,27H,3,12-17H2,1-2H3/t21-/m0/s1. The number of carbonyl (C=O) groups excluding carboxylic acids is 2. The number of aryl methyl sites for hydroxylation is 1. The Bertz CT molecular complexity index is 847. The van der Waals surface area contributed by atoms with E-state index in [2.05, 4.69) is 50.2 Å². The molecule has 0 aromatic heterocycles. The maximum Gasteiger partial charge on any atom is 0.248 e. The highest BCUT2D eigenvalue weighted by atomic mass is 16.3. The lowest BCUT2D eigenvalue weighted by Crippen LogP contribution is -2.39. The summed E-state index contributed by atoms with van der Waals surface area (Å²) in [6, 6.07) is 16.5. The van der Waals surface area contributed by atoms with E-state index in [1.165, 1.54) is 5.56 Å². The minimum Gasteiger partial charge on any atom is -0.387 e. The molecule has 2 aromatic rings. The first kappa shape index (κ1) is 21.1. The van der Waals surface area contributed by atoms with Crippen molar-refractivity contribution >= 4 is 11.8 Å². The highest BCUT2D eigenvalue weighted by Crippen LogP contribution is 2.27. The zero-order chi connectivity index (χ0) is 20.8. The quantitative estimate of drug-likeness (QED) is 0.820. The summed E-state index contributed by atoms with van der Waals surface area (Å²) in [5.41, 5.74) is 4.55. The van der Waals surface area contributed by atoms with Crippen LogP contribution in [-0.4, -0.2) is 59.5 Å². The van der Waals surface area contributed by atoms with E-state index in [9.17, 15) is 14.7 Å². The number of benzene rings is 2. The Balaban J connectivity index is 1.90. The molecule has 1 aliphatic heterocycles. The van der Waals surface area contributed by atoms with Gasteiger partial charge in [-0.3, -0.25) is 9.59 Å². The summed E-state index contributed by atoms with van der Waals surface area (Å²) in [7, 11) is 0. The molecule has 1 saturated heterocycles. The van der Waals surface area contributed by atoms with Gasteiger partial charge >= 0.3 is 0 Å². The van der Waals surface area contributed by atoms with E-state index in [0.717, 1.165) is 23.1 Å². The van der Waals surface area contributed by atoms with Crippen LogP contribution in [0.2, 0.25) is 0 Å². The summed E-state index contributed by atoms with van der Waals surface area (Å²) in [4.78, 5) is 28.9. The molecule has 0 bridgehead atoms. The van der Waals surface area contributed by atoms with E-state index in [0.29, 0.717) is 32.6 Å². The third-order valence-electron chi connectivity index (χ3n) is 5.57. The zero-order valence-electron chi connectivity index (χ0n) is 17.3. The first-order valence-electron chi connectivity index (χ1n) is 10.4. The number of aliphatic hydroxyl groups excluding tert-OH is 1. The summed E-state index contributed by atoms with van der Waals surface area (Å²) in [5.74, 6) is -0.530. The van der Waals surface area contributed by atoms with Crippen molar-refractivity contribution in [2.45, 2.75) is 26.7 Å². The number of carbonyl (C=O) groups is 2. The lowest BCUT2D eigenvalue weighted by molar-refractivity contribution is -0.135. The second kappa shape index (κ2) is 9.70. The van der Waals surface area contributed by atoms with Gasteiger partial charge in [0.25, 0.3) is 0 Å². The second-order valence-corrected chi connectivity index (χ2v) is 7.75. The first-order valence-corrected chi connectivity index (χ1v) is 10.4. The topological polar surface area (TPSA) is 60.9 Å². The lowest BCUT2D eigenvalue weighted by atomic mass is 9.91. The second-order valence-electron chi connectivity index (χ2n) is 7.75. The molecular weight excluding hydrogens is 364 g/mol. The van der Waals surface area contributed by atoms with Crippen molar-refractivity contribution in [1.82, 2.24) is 9.80 Å². The van der Waals surface area contributed by atoms with Crippen LogP contribution in [0, 0.1) is 12.8 Å². The van der Waals surface area contributed by atoms with Gasteiger partial charge in [-0.25, -0.2) is 0 Å². The molecule has 5 heteroatoms. The predicted molar refractivity (Wildman–Crippen MR) is 114 cm³/mol. The number of rotatable bonds is 6. The molecule has 154 valence electrons. The average Bonchev–Trinajstić information content (AvgIpc) is 2.89. The minimum atomic E-state index is -0.519. The molecule has 2 aromatic carbocycles. The molecule has 0 spiro atoms. The molecule has 2 amide bonds. The van der Waals surface area contributed by atoms with Crippen LogP contribution in [0.25, 0.3) is 11.1 Å². The van der Waals surface area contributed by atoms with Crippen LogP contribution < -0.4 is 0 Å². The Morgan fingerprint density at radius 3 is 2.52 bits per heavy atom. The van der Waals surface area contributed by atoms with E-state index in [4.69, 9.17) is 0 Å². The maximum absolute atomic E-state index is 13.2. The van der Waals surface area contributed by atoms with Crippen LogP contribution in [0.5, 0.6) is 0 Å². The van der Waals surface area contributed by atoms with E-state index in [1.807, 2.05) is 17.0 Å². The van der Waals surface area contributed by atoms with Crippen molar-refractivity contribution in [3.05, 3.63) is 59.7 Å². The molecule has 0 aliphatic carbocycles. The summed E-state index contributed by atoms with van der Waals surface area (Å²) in [6.07, 6.45) is 1.45. The third kappa shape index (κ3) is 5.04. The Hall–Kier alpha value is -2.66. The Morgan fingerprint density at radius 2 is 1.83 bits per heavy atom. The van der Waals surface area contributed by atoms with Crippen molar-refractivity contribution in [3.63, 3.8) is 0 Å². The Kier molecular flexibility index (Phi) is 7.04. The number of amides is 2. The van der Waals surface area contributed by atoms with Crippen LogP contribution in [0.3, 0.4) is 0 Å². The lowest BCUT2D eigenvalue weighted by Gasteiger charge is -2.24. The number of hydrogen-bond donors (Lipinski definition) is 1. The van der Waals surface area contributed by atoms with E-state index < -0.39 is 6.61 Å². The van der Waals surface area contributed by atoms with Crippen molar-refractivity contribution in [2.24, 2.45) is 5.92 Å². The van der Waals surface area contributed by atoms with Crippen LogP contribution in [0.15, 0.2) is 48.5 Å². The fourth-order valence-electron chi connectivity index (χ4n) is 3.99. The normalized spacial score (nSPS) is 17.3. The van der Waals surface area contributed by atoms with Gasteiger partial charge < -0.3 is 14.9 Å². The van der Waals surface area contributed by atoms with E-state index in [-0.39, 0.29) is 17.7 Å². The summed E-state index contributed by atoms with van der Waals surface area (Å²) in [5, 5.41) is 9.32. The average molecular weight is 395 g/mol. The maximum atomic E-state index is 13.2. The van der Waals surface area contributed by atoms with Gasteiger partial charge in [-0.05, 0) is 36.5 Å². The van der Waals surface area contributed by atoms with Gasteiger partial charge in [0.1, 0.15) is 6.61 Å². The SMILES string of the molecule is CCCN1CCN(C(=O)CO)C[C@H](Cc2ccccc2-c2ccc(C)cc2)C1=O. The Morgan fingerprint density at radius 1 is 1.10 bits per heavy atom. The van der Waals surface area contributed by atoms with Crippen LogP contribution in [0.1, 0.15) is 24.5 Å². The smallest absolute Gasteiger partial charge is 0.248 e. The van der Waals surface area contributed by atoms with Gasteiger partial charge in [-0.15, -0.1) is 0 Å².